The first-order valence-electron chi connectivity index (χ1n) is 35.3. The quantitative estimate of drug-likeness (QED) is 0.0239. The molecule has 0 aliphatic heterocycles. The molecule has 0 unspecified atom stereocenters. The molecule has 2 saturated carbocycles. The number of sulfonamides is 1. The van der Waals surface area contributed by atoms with Crippen LogP contribution >= 0.6 is 33.9 Å². The first kappa shape index (κ1) is 85.0. The van der Waals surface area contributed by atoms with Crippen LogP contribution in [0.3, 0.4) is 0 Å². The number of alkyl halides is 8. The zero-order chi connectivity index (χ0) is 84.0. The van der Waals surface area contributed by atoms with Crippen LogP contribution in [0.1, 0.15) is 163 Å². The van der Waals surface area contributed by atoms with E-state index < -0.39 is 180 Å². The van der Waals surface area contributed by atoms with E-state index in [1.165, 1.54) is 63.3 Å². The Morgan fingerprint density at radius 1 is 0.583 bits per heavy atom. The number of hydrogen-bond donors (Lipinski definition) is 5. The number of aromatic nitrogens is 10. The van der Waals surface area contributed by atoms with Gasteiger partial charge in [0.2, 0.25) is 10.0 Å². The average Bonchev–Trinajstić information content (AvgIpc) is 1.52. The zero-order valence-electron chi connectivity index (χ0n) is 61.9. The van der Waals surface area contributed by atoms with Crippen molar-refractivity contribution in [1.82, 2.24) is 58.5 Å². The maximum atomic E-state index is 15.4. The van der Waals surface area contributed by atoms with Crippen molar-refractivity contribution >= 4 is 92.3 Å². The molecule has 0 radical (unpaired) electrons. The number of nitrogens with one attached hydrogen (secondary N) is 2. The van der Waals surface area contributed by atoms with E-state index >= 15 is 17.6 Å². The number of aryl methyl sites for hydroxylation is 2. The molecule has 6 atom stereocenters. The third-order valence-electron chi connectivity index (χ3n) is 19.8. The van der Waals surface area contributed by atoms with Crippen LogP contribution in [0.4, 0.5) is 58.5 Å². The minimum atomic E-state index is -3.81. The molecule has 10 aromatic rings. The molecule has 4 aliphatic rings. The number of ketones is 2. The highest BCUT2D eigenvalue weighted by Crippen LogP contribution is 2.69. The Kier molecular flexibility index (Phi) is 23.6. The Morgan fingerprint density at radius 2 is 0.957 bits per heavy atom. The number of aliphatic hydroxyl groups is 2. The number of Topliss-reactive ketones (excluding diaryl/α,β-unsaturated/α-hetero) is 2. The molecule has 38 heteroatoms. The molecule has 4 aliphatic carbocycles. The molecule has 6 aromatic heterocycles. The molecular weight excluding hydrogens is 1630 g/mol. The molecule has 2 fully saturated rings. The predicted octanol–water partition coefficient (Wildman–Crippen LogP) is 14.4. The molecule has 0 bridgehead atoms. The van der Waals surface area contributed by atoms with E-state index in [2.05, 4.69) is 59.5 Å². The molecule has 14 rings (SSSR count). The van der Waals surface area contributed by atoms with E-state index in [0.717, 1.165) is 24.3 Å². The Labute approximate surface area is 664 Å². The fourth-order valence-corrected chi connectivity index (χ4v) is 16.2. The lowest BCUT2D eigenvalue weighted by molar-refractivity contribution is -0.121. The summed E-state index contributed by atoms with van der Waals surface area (Å²) in [7, 11) is 3.04. The number of rotatable bonds is 22. The van der Waals surface area contributed by atoms with Crippen molar-refractivity contribution in [3.63, 3.8) is 0 Å². The number of nitrogen functional groups attached to an aromatic ring is 1. The van der Waals surface area contributed by atoms with Crippen molar-refractivity contribution in [2.75, 3.05) is 19.8 Å². The van der Waals surface area contributed by atoms with Gasteiger partial charge in [-0.1, -0.05) is 47.2 Å². The van der Waals surface area contributed by atoms with Gasteiger partial charge in [-0.05, 0) is 156 Å². The van der Waals surface area contributed by atoms with Crippen LogP contribution in [0, 0.1) is 58.8 Å². The lowest BCUT2D eigenvalue weighted by Gasteiger charge is -2.22. The number of carbonyl (C=O) groups excluding carboxylic acids is 2. The number of fused-ring (bicyclic) bond motifs is 8. The summed E-state index contributed by atoms with van der Waals surface area (Å²) in [5, 5.41) is 38.2. The maximum Gasteiger partial charge on any atom is 0.297 e. The number of nitrogens with two attached hydrogens (primary N) is 1. The van der Waals surface area contributed by atoms with E-state index in [-0.39, 0.29) is 87.2 Å². The van der Waals surface area contributed by atoms with Crippen molar-refractivity contribution in [3.05, 3.63) is 192 Å². The normalized spacial score (nSPS) is 17.5. The van der Waals surface area contributed by atoms with Gasteiger partial charge in [0, 0.05) is 119 Å². The average molecular weight is 1700 g/mol. The van der Waals surface area contributed by atoms with Crippen molar-refractivity contribution in [2.45, 2.75) is 145 Å². The monoisotopic (exact) mass is 1700 g/mol. The molecule has 6 N–H and O–H groups in total. The highest BCUT2D eigenvalue weighted by atomic mass is 35.7. The number of nitrogens with zero attached hydrogens (tertiary/aromatic N) is 10. The molecule has 115 heavy (non-hydrogen) atoms. The number of pyridine rings is 2. The number of hydrogen-bond acceptors (Lipinski definition) is 15. The number of carbonyl (C=O) groups is 2. The van der Waals surface area contributed by atoms with Gasteiger partial charge in [-0.15, -0.1) is 0 Å². The number of halogens is 15. The van der Waals surface area contributed by atoms with Gasteiger partial charge in [0.05, 0.1) is 43.5 Å². The lowest BCUT2D eigenvalue weighted by Crippen LogP contribution is -2.24. The van der Waals surface area contributed by atoms with Crippen LogP contribution < -0.4 is 15.2 Å². The largest absolute Gasteiger partial charge is 0.382 e. The minimum absolute atomic E-state index is 0.0359. The van der Waals surface area contributed by atoms with Crippen LogP contribution in [0.25, 0.3) is 44.1 Å². The summed E-state index contributed by atoms with van der Waals surface area (Å²) in [4.78, 5) is 37.5. The van der Waals surface area contributed by atoms with Crippen LogP contribution in [0.2, 0.25) is 10.0 Å². The standard InChI is InChI=1S/C39H35ClF6N6O4S.C37H31ClF6N6O2.CH4ClNO2S/c1-38(2,54)10-9-23-5-6-25(26-7-8-29(40)32-30(18-57(55,56)47-3)49-51(4)35(26)32)33(48-23)20(11-19-12-21(41)15-22(42)13-19)14-24(53)17-52-36-31(34(50-52)37(43)44)27-16-28(27)39(36,45)46;1-36(2,52)9-8-21-4-5-23(24-6-7-27(38)29-32(24)49(3)48-35(29)45)30(46-21)18(10-17-11-19(39)14-20(40)12-17)13-22(51)16-50-33-28(31(47-50)34(41)42)25-15-26(25)37(33,43)44;1-3-6(2,4)5/h5-8,12-13,15,20,27-28,37,47,54H,11,14,16-18H2,1-4H3;4-7,11-12,14,18,25-26,34,52H,10,13,15-16H2,1-3H3,(H2,45,48);3H,1H3/t20-,27+,28-;18-,25+,26-;/m11./s1. The third kappa shape index (κ3) is 18.2. The van der Waals surface area contributed by atoms with Crippen LogP contribution in [0.5, 0.6) is 0 Å². The van der Waals surface area contributed by atoms with Gasteiger partial charge >= 0.3 is 0 Å². The SMILES string of the molecule is CNS(=O)(=O)Cc1nn(C)c2c(-c3ccc(C#CC(C)(C)O)nc3[C@@H](CC(=O)Cn3nc(C(F)F)c4c3C(F)(F)[C@@H]3C[C@H]43)Cc3cc(F)cc(F)c3)ccc(Cl)c12.CNS(=O)(=O)Cl.Cn1nc(N)c2c(Cl)ccc(-c3ccc(C#CC(C)(C)O)nc3[C@@H](CC(=O)Cn3nc(C(F)F)c4c3C(F)(F)[C@@H]3C[C@H]43)Cc3cc(F)cc(F)c3)c21. The molecule has 0 spiro atoms. The van der Waals surface area contributed by atoms with Gasteiger partial charge in [-0.25, -0.2) is 63.0 Å². The fraction of sp³-hybridized carbons (Fsp3) is 0.377. The Morgan fingerprint density at radius 3 is 1.33 bits per heavy atom. The van der Waals surface area contributed by atoms with Crippen LogP contribution in [-0.4, -0.2) is 113 Å². The second-order valence-corrected chi connectivity index (χ2v) is 34.6. The van der Waals surface area contributed by atoms with Gasteiger partial charge < -0.3 is 15.9 Å². The number of benzene rings is 4. The third-order valence-corrected chi connectivity index (χ3v) is 22.7. The Bertz CT molecular complexity index is 5920. The first-order chi connectivity index (χ1) is 53.7. The molecule has 4 aromatic carbocycles. The number of anilines is 1. The van der Waals surface area contributed by atoms with E-state index in [1.807, 2.05) is 4.72 Å². The van der Waals surface area contributed by atoms with Crippen molar-refractivity contribution in [3.8, 4) is 45.9 Å². The lowest BCUT2D eigenvalue weighted by atomic mass is 9.86. The summed E-state index contributed by atoms with van der Waals surface area (Å²) < 4.78 is 228. The molecule has 6 heterocycles. The molecule has 0 amide bonds. The maximum absolute atomic E-state index is 15.4. The molecule has 21 nitrogen and oxygen atoms in total. The van der Waals surface area contributed by atoms with E-state index in [9.17, 15) is 71.8 Å². The van der Waals surface area contributed by atoms with Crippen molar-refractivity contribution in [2.24, 2.45) is 25.9 Å². The highest BCUT2D eigenvalue weighted by molar-refractivity contribution is 8.12. The van der Waals surface area contributed by atoms with Gasteiger partial charge in [-0.3, -0.25) is 28.3 Å². The zero-order valence-corrected chi connectivity index (χ0v) is 65.8. The summed E-state index contributed by atoms with van der Waals surface area (Å²) in [6.45, 7) is 4.30. The van der Waals surface area contributed by atoms with Gasteiger partial charge in [-0.2, -0.15) is 46.4 Å². The topological polar surface area (TPSA) is 290 Å². The van der Waals surface area contributed by atoms with Gasteiger partial charge in [0.25, 0.3) is 33.9 Å². The summed E-state index contributed by atoms with van der Waals surface area (Å²) in [5.41, 5.74) is 3.68. The highest BCUT2D eigenvalue weighted by Gasteiger charge is 2.68. The first-order valence-corrected chi connectivity index (χ1v) is 40.0. The Balaban J connectivity index is 0.000000199. The van der Waals surface area contributed by atoms with E-state index in [4.69, 9.17) is 38.9 Å². The minimum Gasteiger partial charge on any atom is -0.382 e. The van der Waals surface area contributed by atoms with Crippen molar-refractivity contribution < 1.29 is 89.3 Å². The molecular formula is C77H70Cl3F12N13O8S2. The van der Waals surface area contributed by atoms with Crippen molar-refractivity contribution in [1.29, 1.82) is 0 Å². The molecule has 0 saturated heterocycles. The second kappa shape index (κ2) is 31.9. The fourth-order valence-electron chi connectivity index (χ4n) is 15.0. The van der Waals surface area contributed by atoms with E-state index in [1.54, 1.807) is 50.5 Å². The van der Waals surface area contributed by atoms with Gasteiger partial charge in [0.1, 0.15) is 87.5 Å². The van der Waals surface area contributed by atoms with Crippen LogP contribution in [0.15, 0.2) is 84.9 Å². The van der Waals surface area contributed by atoms with Crippen LogP contribution in [-0.2, 0) is 86.5 Å². The van der Waals surface area contributed by atoms with Gasteiger partial charge in [0.15, 0.2) is 17.4 Å². The Hall–Kier alpha value is -9.43. The molecule has 608 valence electrons. The summed E-state index contributed by atoms with van der Waals surface area (Å²) >= 11 is 13.2. The van der Waals surface area contributed by atoms with E-state index in [0.29, 0.717) is 70.6 Å². The summed E-state index contributed by atoms with van der Waals surface area (Å²) in [5.74, 6) is -7.09. The second-order valence-electron chi connectivity index (χ2n) is 29.4. The smallest absolute Gasteiger partial charge is 0.297 e. The summed E-state index contributed by atoms with van der Waals surface area (Å²) in [6.07, 6.45) is -7.48. The summed E-state index contributed by atoms with van der Waals surface area (Å²) in [6, 6.07) is 18.6. The predicted molar refractivity (Wildman–Crippen MR) is 403 cm³/mol.